The Morgan fingerprint density at radius 2 is 0.893 bits per heavy atom. The van der Waals surface area contributed by atoms with Gasteiger partial charge in [-0.2, -0.15) is 0 Å². The highest BCUT2D eigenvalue weighted by Crippen LogP contribution is 2.58. The predicted molar refractivity (Wildman–Crippen MR) is 112 cm³/mol. The van der Waals surface area contributed by atoms with E-state index in [-0.39, 0.29) is 0 Å². The highest BCUT2D eigenvalue weighted by molar-refractivity contribution is 5.95. The maximum absolute atomic E-state index is 12.4. The van der Waals surface area contributed by atoms with E-state index < -0.39 is 11.2 Å². The van der Waals surface area contributed by atoms with E-state index in [4.69, 9.17) is 0 Å². The van der Waals surface area contributed by atoms with Gasteiger partial charge in [0.1, 0.15) is 0 Å². The van der Waals surface area contributed by atoms with Gasteiger partial charge < -0.3 is 10.2 Å². The van der Waals surface area contributed by atoms with Gasteiger partial charge in [-0.05, 0) is 58.0 Å². The molecule has 138 valence electrons. The summed E-state index contributed by atoms with van der Waals surface area (Å²) < 4.78 is 0. The molecule has 1 aliphatic carbocycles. The smallest absolute Gasteiger partial charge is 0.152 e. The fourth-order valence-electron chi connectivity index (χ4n) is 4.97. The monoisotopic (exact) mass is 366 g/mol. The lowest BCUT2D eigenvalue weighted by Crippen LogP contribution is -2.48. The minimum Gasteiger partial charge on any atom is -0.377 e. The third kappa shape index (κ3) is 1.94. The van der Waals surface area contributed by atoms with E-state index in [1.807, 2.05) is 98.8 Å². The van der Waals surface area contributed by atoms with Crippen molar-refractivity contribution in [1.82, 2.24) is 0 Å². The molecule has 0 saturated carbocycles. The molecule has 1 aliphatic rings. The van der Waals surface area contributed by atoms with E-state index in [9.17, 15) is 10.2 Å². The average Bonchev–Trinajstić information content (AvgIpc) is 2.91. The van der Waals surface area contributed by atoms with E-state index in [1.54, 1.807) is 0 Å². The summed E-state index contributed by atoms with van der Waals surface area (Å²) >= 11 is 0. The Hall–Kier alpha value is -2.94. The van der Waals surface area contributed by atoms with Crippen molar-refractivity contribution in [3.8, 4) is 0 Å². The SMILES string of the molecule is Cc1ccccc1[C@@]1(O)c2cccc3cccc(c23)[C@]1(O)c1ccccc1C. The molecule has 4 aromatic rings. The van der Waals surface area contributed by atoms with E-state index in [0.717, 1.165) is 44.2 Å². The van der Waals surface area contributed by atoms with Crippen LogP contribution in [0, 0.1) is 13.8 Å². The molecule has 0 saturated heterocycles. The van der Waals surface area contributed by atoms with E-state index in [0.29, 0.717) is 0 Å². The van der Waals surface area contributed by atoms with Crippen molar-refractivity contribution in [3.05, 3.63) is 118 Å². The van der Waals surface area contributed by atoms with Crippen LogP contribution in [0.2, 0.25) is 0 Å². The van der Waals surface area contributed by atoms with Gasteiger partial charge in [0.25, 0.3) is 0 Å². The van der Waals surface area contributed by atoms with Crippen LogP contribution in [0.1, 0.15) is 33.4 Å². The number of hydrogen-bond acceptors (Lipinski definition) is 2. The van der Waals surface area contributed by atoms with Crippen LogP contribution in [0.15, 0.2) is 84.9 Å². The average molecular weight is 366 g/mol. The Labute approximate surface area is 164 Å². The molecule has 2 nitrogen and oxygen atoms in total. The summed E-state index contributed by atoms with van der Waals surface area (Å²) in [4.78, 5) is 0. The van der Waals surface area contributed by atoms with Crippen LogP contribution in [-0.4, -0.2) is 10.2 Å². The Morgan fingerprint density at radius 3 is 1.32 bits per heavy atom. The molecule has 0 unspecified atom stereocenters. The maximum atomic E-state index is 12.4. The summed E-state index contributed by atoms with van der Waals surface area (Å²) in [6.07, 6.45) is 0. The summed E-state index contributed by atoms with van der Waals surface area (Å²) in [5, 5.41) is 26.8. The van der Waals surface area contributed by atoms with Crippen molar-refractivity contribution in [1.29, 1.82) is 0 Å². The molecule has 2 heteroatoms. The summed E-state index contributed by atoms with van der Waals surface area (Å²) in [5.74, 6) is 0. The van der Waals surface area contributed by atoms with Crippen LogP contribution < -0.4 is 0 Å². The lowest BCUT2D eigenvalue weighted by atomic mass is 9.70. The summed E-state index contributed by atoms with van der Waals surface area (Å²) in [6, 6.07) is 27.4. The summed E-state index contributed by atoms with van der Waals surface area (Å²) in [5.41, 5.74) is 1.67. The number of hydrogen-bond donors (Lipinski definition) is 2. The van der Waals surface area contributed by atoms with Gasteiger partial charge in [0.15, 0.2) is 11.2 Å². The molecule has 0 amide bonds. The number of aryl methyl sites for hydroxylation is 2. The normalized spacial score (nSPS) is 23.3. The Bertz CT molecular complexity index is 1130. The molecule has 0 aliphatic heterocycles. The number of rotatable bonds is 2. The second kappa shape index (κ2) is 5.78. The molecule has 0 bridgehead atoms. The number of aliphatic hydroxyl groups is 2. The van der Waals surface area contributed by atoms with Gasteiger partial charge in [-0.25, -0.2) is 0 Å². The van der Waals surface area contributed by atoms with E-state index in [2.05, 4.69) is 0 Å². The second-order valence-electron chi connectivity index (χ2n) is 7.76. The van der Waals surface area contributed by atoms with Gasteiger partial charge in [0, 0.05) is 0 Å². The molecule has 0 heterocycles. The lowest BCUT2D eigenvalue weighted by Gasteiger charge is -2.42. The molecular formula is C26H22O2. The molecule has 4 aromatic carbocycles. The first-order chi connectivity index (χ1) is 13.5. The van der Waals surface area contributed by atoms with Crippen molar-refractivity contribution in [3.63, 3.8) is 0 Å². The third-order valence-electron chi connectivity index (χ3n) is 6.28. The van der Waals surface area contributed by atoms with Crippen LogP contribution >= 0.6 is 0 Å². The Balaban J connectivity index is 1.99. The highest BCUT2D eigenvalue weighted by atomic mass is 16.4. The van der Waals surface area contributed by atoms with Crippen molar-refractivity contribution >= 4 is 10.8 Å². The zero-order chi connectivity index (χ0) is 19.5. The molecule has 28 heavy (non-hydrogen) atoms. The van der Waals surface area contributed by atoms with Crippen molar-refractivity contribution in [2.75, 3.05) is 0 Å². The van der Waals surface area contributed by atoms with E-state index in [1.165, 1.54) is 0 Å². The first-order valence-corrected chi connectivity index (χ1v) is 9.59. The maximum Gasteiger partial charge on any atom is 0.152 e. The molecule has 2 N–H and O–H groups in total. The summed E-state index contributed by atoms with van der Waals surface area (Å²) in [6.45, 7) is 3.96. The summed E-state index contributed by atoms with van der Waals surface area (Å²) in [7, 11) is 0. The van der Waals surface area contributed by atoms with Gasteiger partial charge in [-0.3, -0.25) is 0 Å². The van der Waals surface area contributed by atoms with Gasteiger partial charge in [-0.1, -0.05) is 84.9 Å². The standard InChI is InChI=1S/C26H22O2/c1-17-9-3-5-13-20(17)25(27)22-15-7-11-19-12-8-16-23(24(19)22)26(25,28)21-14-6-4-10-18(21)2/h3-16,27-28H,1-2H3/t25-,26-/m1/s1. The Kier molecular flexibility index (Phi) is 3.54. The van der Waals surface area contributed by atoms with Gasteiger partial charge in [0.2, 0.25) is 0 Å². The Morgan fingerprint density at radius 1 is 0.500 bits per heavy atom. The van der Waals surface area contributed by atoms with Gasteiger partial charge in [-0.15, -0.1) is 0 Å². The van der Waals surface area contributed by atoms with Crippen LogP contribution in [-0.2, 0) is 11.2 Å². The van der Waals surface area contributed by atoms with Crippen molar-refractivity contribution in [2.45, 2.75) is 25.0 Å². The topological polar surface area (TPSA) is 40.5 Å². The van der Waals surface area contributed by atoms with Gasteiger partial charge in [0.05, 0.1) is 0 Å². The zero-order valence-electron chi connectivity index (χ0n) is 16.0. The first-order valence-electron chi connectivity index (χ1n) is 9.59. The second-order valence-corrected chi connectivity index (χ2v) is 7.76. The molecule has 0 radical (unpaired) electrons. The molecule has 5 rings (SSSR count). The molecule has 2 atom stereocenters. The number of benzene rings is 4. The largest absolute Gasteiger partial charge is 0.377 e. The molecule has 0 spiro atoms. The van der Waals surface area contributed by atoms with Gasteiger partial charge >= 0.3 is 0 Å². The van der Waals surface area contributed by atoms with Crippen molar-refractivity contribution in [2.24, 2.45) is 0 Å². The highest BCUT2D eigenvalue weighted by Gasteiger charge is 2.60. The fourth-order valence-corrected chi connectivity index (χ4v) is 4.97. The minimum atomic E-state index is -1.59. The van der Waals surface area contributed by atoms with Crippen LogP contribution in [0.5, 0.6) is 0 Å². The van der Waals surface area contributed by atoms with Crippen LogP contribution in [0.25, 0.3) is 10.8 Å². The lowest BCUT2D eigenvalue weighted by molar-refractivity contribution is -0.105. The third-order valence-corrected chi connectivity index (χ3v) is 6.28. The molecular weight excluding hydrogens is 344 g/mol. The fraction of sp³-hybridized carbons (Fsp3) is 0.154. The van der Waals surface area contributed by atoms with Crippen LogP contribution in [0.4, 0.5) is 0 Å². The molecule has 0 aromatic heterocycles. The van der Waals surface area contributed by atoms with Crippen molar-refractivity contribution < 1.29 is 10.2 Å². The zero-order valence-corrected chi connectivity index (χ0v) is 16.0. The van der Waals surface area contributed by atoms with E-state index >= 15 is 0 Å². The van der Waals surface area contributed by atoms with Crippen LogP contribution in [0.3, 0.4) is 0 Å². The quantitative estimate of drug-likeness (QED) is 0.527. The first kappa shape index (κ1) is 17.2. The minimum absolute atomic E-state index is 0.726. The molecule has 0 fully saturated rings. The predicted octanol–water partition coefficient (Wildman–Crippen LogP) is 4.94.